The summed E-state index contributed by atoms with van der Waals surface area (Å²) in [5, 5.41) is 4.80. The highest BCUT2D eigenvalue weighted by atomic mass is 35.5. The van der Waals surface area contributed by atoms with Crippen molar-refractivity contribution in [2.24, 2.45) is 5.84 Å². The molecule has 8 nitrogen and oxygen atoms in total. The van der Waals surface area contributed by atoms with Crippen LogP contribution in [0, 0.1) is 0 Å². The lowest BCUT2D eigenvalue weighted by atomic mass is 10.0. The molecule has 9 heteroatoms. The minimum Gasteiger partial charge on any atom is -0.444 e. The number of amides is 1. The Balaban J connectivity index is 1.55. The molecule has 0 spiro atoms. The molecule has 2 aromatic heterocycles. The van der Waals surface area contributed by atoms with E-state index in [2.05, 4.69) is 10.3 Å². The third kappa shape index (κ3) is 6.71. The maximum Gasteiger partial charge on any atom is 0.407 e. The number of aromatic nitrogens is 2. The molecule has 3 N–H and O–H groups in total. The molecule has 0 saturated carbocycles. The Bertz CT molecular complexity index is 1150. The summed E-state index contributed by atoms with van der Waals surface area (Å²) in [5.74, 6) is 6.14. The first-order valence-corrected chi connectivity index (χ1v) is 11.7. The normalized spacial score (nSPS) is 11.5. The van der Waals surface area contributed by atoms with E-state index in [-0.39, 0.29) is 5.78 Å². The maximum absolute atomic E-state index is 13.0. The molecule has 0 bridgehead atoms. The Labute approximate surface area is 205 Å². The number of benzene rings is 1. The average molecular weight is 486 g/mol. The summed E-state index contributed by atoms with van der Waals surface area (Å²) >= 11 is 6.13. The molecule has 182 valence electrons. The average Bonchev–Trinajstić information content (AvgIpc) is 3.14. The van der Waals surface area contributed by atoms with Gasteiger partial charge in [0.15, 0.2) is 5.78 Å². The van der Waals surface area contributed by atoms with Gasteiger partial charge in [0.05, 0.1) is 22.9 Å². The molecule has 0 aliphatic rings. The van der Waals surface area contributed by atoms with Gasteiger partial charge in [0.2, 0.25) is 0 Å². The van der Waals surface area contributed by atoms with Crippen molar-refractivity contribution in [3.63, 3.8) is 0 Å². The summed E-state index contributed by atoms with van der Waals surface area (Å²) in [7, 11) is 0. The number of ketones is 1. The van der Waals surface area contributed by atoms with Crippen molar-refractivity contribution in [2.75, 3.05) is 18.1 Å². The van der Waals surface area contributed by atoms with E-state index in [0.717, 1.165) is 22.6 Å². The Kier molecular flexibility index (Phi) is 8.17. The topological polar surface area (TPSA) is 102 Å². The van der Waals surface area contributed by atoms with E-state index in [4.69, 9.17) is 22.2 Å². The minimum absolute atomic E-state index is 0.0318. The van der Waals surface area contributed by atoms with Crippen LogP contribution in [0.1, 0.15) is 55.9 Å². The molecule has 0 fully saturated rings. The number of carbonyl (C=O) groups excluding carboxylic acids is 2. The number of hydrazine groups is 1. The smallest absolute Gasteiger partial charge is 0.407 e. The number of ether oxygens (including phenoxy) is 1. The second-order valence-electron chi connectivity index (χ2n) is 9.05. The van der Waals surface area contributed by atoms with Gasteiger partial charge >= 0.3 is 6.09 Å². The van der Waals surface area contributed by atoms with Gasteiger partial charge in [0.25, 0.3) is 0 Å². The lowest BCUT2D eigenvalue weighted by Crippen LogP contribution is -2.40. The molecule has 34 heavy (non-hydrogen) atoms. The highest BCUT2D eigenvalue weighted by Gasteiger charge is 2.19. The van der Waals surface area contributed by atoms with Crippen molar-refractivity contribution in [2.45, 2.75) is 52.6 Å². The van der Waals surface area contributed by atoms with Gasteiger partial charge in [-0.05, 0) is 63.4 Å². The molecule has 3 rings (SSSR count). The SMILES string of the molecule is CCc1nc2ccc(Cl)cn2c1C(=O)CCc1ccc(N(N)CCNC(=O)OC(C)(C)C)cc1. The number of imidazole rings is 1. The predicted molar refractivity (Wildman–Crippen MR) is 134 cm³/mol. The number of nitrogens with one attached hydrogen (secondary N) is 1. The fourth-order valence-electron chi connectivity index (χ4n) is 3.56. The van der Waals surface area contributed by atoms with Crippen LogP contribution in [0.3, 0.4) is 0 Å². The van der Waals surface area contributed by atoms with E-state index < -0.39 is 11.7 Å². The van der Waals surface area contributed by atoms with Crippen molar-refractivity contribution in [3.05, 3.63) is 64.6 Å². The van der Waals surface area contributed by atoms with E-state index in [1.165, 1.54) is 0 Å². The molecule has 0 atom stereocenters. The number of nitrogens with two attached hydrogens (primary N) is 1. The quantitative estimate of drug-likeness (QED) is 0.261. The lowest BCUT2D eigenvalue weighted by molar-refractivity contribution is 0.0529. The number of halogens is 1. The highest BCUT2D eigenvalue weighted by Crippen LogP contribution is 2.20. The summed E-state index contributed by atoms with van der Waals surface area (Å²) in [4.78, 5) is 29.3. The number of alkyl carbamates (subject to hydrolysis) is 1. The fourth-order valence-corrected chi connectivity index (χ4v) is 3.72. The molecule has 1 aromatic carbocycles. The summed E-state index contributed by atoms with van der Waals surface area (Å²) in [6.07, 6.45) is 2.89. The van der Waals surface area contributed by atoms with Crippen molar-refractivity contribution >= 4 is 34.8 Å². The summed E-state index contributed by atoms with van der Waals surface area (Å²) < 4.78 is 6.99. The van der Waals surface area contributed by atoms with E-state index in [1.54, 1.807) is 21.7 Å². The number of Topliss-reactive ketones (excluding diaryl/α,β-unsaturated/α-hetero) is 1. The largest absolute Gasteiger partial charge is 0.444 e. The third-order valence-electron chi connectivity index (χ3n) is 5.18. The van der Waals surface area contributed by atoms with Gasteiger partial charge in [0.1, 0.15) is 16.9 Å². The highest BCUT2D eigenvalue weighted by molar-refractivity contribution is 6.30. The van der Waals surface area contributed by atoms with Gasteiger partial charge in [-0.1, -0.05) is 30.7 Å². The molecule has 0 saturated heterocycles. The Morgan fingerprint density at radius 1 is 1.18 bits per heavy atom. The number of fused-ring (bicyclic) bond motifs is 1. The number of anilines is 1. The summed E-state index contributed by atoms with van der Waals surface area (Å²) in [6.45, 7) is 8.20. The van der Waals surface area contributed by atoms with E-state index in [1.807, 2.05) is 58.0 Å². The Hall–Kier alpha value is -3.10. The number of hydrogen-bond acceptors (Lipinski definition) is 6. The molecule has 0 unspecified atom stereocenters. The zero-order chi connectivity index (χ0) is 24.9. The number of carbonyl (C=O) groups is 2. The van der Waals surface area contributed by atoms with Gasteiger partial charge in [-0.15, -0.1) is 0 Å². The standard InChI is InChI=1S/C25H32ClN5O3/c1-5-20-23(30-16-18(26)9-13-22(30)29-20)21(32)12-8-17-6-10-19(11-7-17)31(27)15-14-28-24(33)34-25(2,3)4/h6-7,9-11,13,16H,5,8,12,14-15,27H2,1-4H3,(H,28,33). The number of rotatable bonds is 9. The zero-order valence-electron chi connectivity index (χ0n) is 20.1. The molecule has 0 radical (unpaired) electrons. The zero-order valence-corrected chi connectivity index (χ0v) is 20.9. The van der Waals surface area contributed by atoms with Crippen molar-refractivity contribution in [1.29, 1.82) is 0 Å². The number of aryl methyl sites for hydroxylation is 2. The molecule has 1 amide bonds. The van der Waals surface area contributed by atoms with Crippen molar-refractivity contribution in [3.8, 4) is 0 Å². The third-order valence-corrected chi connectivity index (χ3v) is 5.41. The van der Waals surface area contributed by atoms with E-state index in [9.17, 15) is 9.59 Å². The van der Waals surface area contributed by atoms with Crippen LogP contribution in [-0.2, 0) is 17.6 Å². The first-order chi connectivity index (χ1) is 16.1. The second kappa shape index (κ2) is 10.9. The van der Waals surface area contributed by atoms with Crippen molar-refractivity contribution in [1.82, 2.24) is 14.7 Å². The molecule has 0 aliphatic carbocycles. The van der Waals surface area contributed by atoms with Crippen LogP contribution in [0.2, 0.25) is 5.02 Å². The van der Waals surface area contributed by atoms with Crippen LogP contribution in [0.25, 0.3) is 5.65 Å². The Morgan fingerprint density at radius 2 is 1.88 bits per heavy atom. The van der Waals surface area contributed by atoms with Crippen LogP contribution < -0.4 is 16.2 Å². The lowest BCUT2D eigenvalue weighted by Gasteiger charge is -2.22. The number of nitrogens with zero attached hydrogens (tertiary/aromatic N) is 3. The van der Waals surface area contributed by atoms with Crippen LogP contribution in [-0.4, -0.2) is 40.0 Å². The molecule has 0 aliphatic heterocycles. The van der Waals surface area contributed by atoms with Crippen LogP contribution >= 0.6 is 11.6 Å². The molecule has 2 heterocycles. The molecule has 3 aromatic rings. The van der Waals surface area contributed by atoms with Gasteiger partial charge in [-0.25, -0.2) is 15.6 Å². The van der Waals surface area contributed by atoms with Gasteiger partial charge in [0, 0.05) is 19.2 Å². The minimum atomic E-state index is -0.542. The monoisotopic (exact) mass is 485 g/mol. The predicted octanol–water partition coefficient (Wildman–Crippen LogP) is 4.57. The van der Waals surface area contributed by atoms with Gasteiger partial charge in [-0.3, -0.25) is 9.20 Å². The second-order valence-corrected chi connectivity index (χ2v) is 9.48. The van der Waals surface area contributed by atoms with Gasteiger partial charge in [-0.2, -0.15) is 0 Å². The van der Waals surface area contributed by atoms with E-state index >= 15 is 0 Å². The van der Waals surface area contributed by atoms with Crippen molar-refractivity contribution < 1.29 is 14.3 Å². The fraction of sp³-hybridized carbons (Fsp3) is 0.400. The maximum atomic E-state index is 13.0. The number of pyridine rings is 1. The first-order valence-electron chi connectivity index (χ1n) is 11.3. The van der Waals surface area contributed by atoms with E-state index in [0.29, 0.717) is 43.1 Å². The molecular formula is C25H32ClN5O3. The van der Waals surface area contributed by atoms with Crippen LogP contribution in [0.4, 0.5) is 10.5 Å². The Morgan fingerprint density at radius 3 is 2.53 bits per heavy atom. The summed E-state index contributed by atoms with van der Waals surface area (Å²) in [6, 6.07) is 11.3. The van der Waals surface area contributed by atoms with Crippen LogP contribution in [0.15, 0.2) is 42.6 Å². The number of hydrogen-bond donors (Lipinski definition) is 2. The molecular weight excluding hydrogens is 454 g/mol. The first kappa shape index (κ1) is 25.5. The summed E-state index contributed by atoms with van der Waals surface area (Å²) in [5.41, 5.74) is 3.40. The van der Waals surface area contributed by atoms with Crippen LogP contribution in [0.5, 0.6) is 0 Å². The van der Waals surface area contributed by atoms with Gasteiger partial charge < -0.3 is 15.1 Å².